The summed E-state index contributed by atoms with van der Waals surface area (Å²) in [4.78, 5) is 146. The molecule has 6 saturated heterocycles. The average molecular weight is 2080 g/mol. The molecule has 4 bridgehead atoms. The van der Waals surface area contributed by atoms with Gasteiger partial charge >= 0.3 is 11.9 Å². The molecule has 30 nitrogen and oxygen atoms in total. The van der Waals surface area contributed by atoms with Gasteiger partial charge in [-0.15, -0.1) is 0 Å². The van der Waals surface area contributed by atoms with Crippen molar-refractivity contribution in [1.82, 2.24) is 9.80 Å². The monoisotopic (exact) mass is 2080 g/mol. The van der Waals surface area contributed by atoms with Crippen LogP contribution in [0.4, 0.5) is 0 Å². The maximum Gasteiger partial charge on any atom is 0.329 e. The van der Waals surface area contributed by atoms with Crippen LogP contribution < -0.4 is 0 Å². The number of fused-ring (bicyclic) bond motifs is 6. The number of esters is 2. The Hall–Kier alpha value is -6.82. The molecule has 0 spiro atoms. The highest BCUT2D eigenvalue weighted by atomic mass is 16.7. The molecule has 13 unspecified atom stereocenters. The molecule has 0 radical (unpaired) electrons. The highest BCUT2D eigenvalue weighted by Gasteiger charge is 2.57. The van der Waals surface area contributed by atoms with Gasteiger partial charge in [-0.25, -0.2) is 9.59 Å². The number of ether oxygens (including phenoxy) is 14. The number of carbonyl (C=O) groups is 10. The first-order valence-electron chi connectivity index (χ1n) is 55.6. The number of hydrogen-bond acceptors (Lipinski definition) is 28. The van der Waals surface area contributed by atoms with Crippen molar-refractivity contribution in [1.29, 1.82) is 0 Å². The maximum absolute atomic E-state index is 14.7. The Morgan fingerprint density at radius 3 is 1.22 bits per heavy atom. The van der Waals surface area contributed by atoms with Gasteiger partial charge in [0.25, 0.3) is 23.4 Å². The summed E-state index contributed by atoms with van der Waals surface area (Å²) in [6.45, 7) is 38.4. The third-order valence-electron chi connectivity index (χ3n) is 34.1. The molecule has 30 heteroatoms. The highest BCUT2D eigenvalue weighted by molar-refractivity contribution is 6.39. The first-order valence-corrected chi connectivity index (χ1v) is 55.6. The van der Waals surface area contributed by atoms with E-state index < -0.39 is 156 Å². The lowest BCUT2D eigenvalue weighted by molar-refractivity contribution is -0.265. The minimum atomic E-state index is -2.43. The summed E-state index contributed by atoms with van der Waals surface area (Å²) in [6.07, 6.45) is 28.1. The first-order chi connectivity index (χ1) is 70.0. The molecule has 2 aliphatic carbocycles. The number of methoxy groups -OCH3 is 6. The Morgan fingerprint density at radius 2 is 0.851 bits per heavy atom. The second-order valence-corrected chi connectivity index (χ2v) is 46.3. The van der Waals surface area contributed by atoms with Crippen LogP contribution in [0.1, 0.15) is 318 Å². The summed E-state index contributed by atoms with van der Waals surface area (Å²) in [6, 6.07) is -2.28. The van der Waals surface area contributed by atoms with E-state index >= 15 is 0 Å². The molecule has 8 aliphatic heterocycles. The number of rotatable bonds is 18. The number of allylic oxidation sites excluding steroid dienone is 12. The molecule has 2 saturated carbocycles. The van der Waals surface area contributed by atoms with E-state index in [9.17, 15) is 68.4 Å². The van der Waals surface area contributed by atoms with E-state index in [1.807, 2.05) is 123 Å². The Morgan fingerprint density at radius 1 is 0.439 bits per heavy atom. The predicted octanol–water partition coefficient (Wildman–Crippen LogP) is 17.1. The van der Waals surface area contributed by atoms with Crippen molar-refractivity contribution >= 4 is 58.5 Å². The van der Waals surface area contributed by atoms with Crippen LogP contribution in [0.2, 0.25) is 0 Å². The van der Waals surface area contributed by atoms with E-state index in [1.165, 1.54) is 24.0 Å². The van der Waals surface area contributed by atoms with Gasteiger partial charge in [0.05, 0.1) is 84.4 Å². The number of hydrogen-bond donors (Lipinski definition) is 4. The lowest BCUT2D eigenvalue weighted by atomic mass is 9.78. The number of Topliss-reactive ketones (excluding diaryl/α,β-unsaturated/α-hetero) is 6. The van der Waals surface area contributed by atoms with Gasteiger partial charge in [-0.3, -0.25) is 38.4 Å². The molecule has 8 fully saturated rings. The maximum atomic E-state index is 14.7. The Labute approximate surface area is 883 Å². The number of piperidine rings is 2. The molecular weight excluding hydrogens is 1890 g/mol. The molecule has 148 heavy (non-hydrogen) atoms. The van der Waals surface area contributed by atoms with Crippen LogP contribution >= 0.6 is 0 Å². The second-order valence-electron chi connectivity index (χ2n) is 46.3. The number of ketones is 6. The van der Waals surface area contributed by atoms with Crippen molar-refractivity contribution in [3.8, 4) is 0 Å². The average Bonchev–Trinajstić information content (AvgIpc) is 1.18. The fourth-order valence-electron chi connectivity index (χ4n) is 24.1. The fraction of sp³-hybridized carbons (Fsp3) is 0.780. The normalized spacial score (nSPS) is 41.4. The van der Waals surface area contributed by atoms with Crippen LogP contribution in [0.5, 0.6) is 0 Å². The van der Waals surface area contributed by atoms with Crippen LogP contribution in [0, 0.1) is 71.0 Å². The van der Waals surface area contributed by atoms with Crippen LogP contribution in [0.25, 0.3) is 0 Å². The molecular formula is C118H186N2O28. The summed E-state index contributed by atoms with van der Waals surface area (Å²) in [7, 11) is 9.36. The van der Waals surface area contributed by atoms with Gasteiger partial charge in [-0.05, 0) is 254 Å². The van der Waals surface area contributed by atoms with Crippen LogP contribution in [0.3, 0.4) is 0 Å². The summed E-state index contributed by atoms with van der Waals surface area (Å²) < 4.78 is 86.4. The van der Waals surface area contributed by atoms with Crippen molar-refractivity contribution < 1.29 is 135 Å². The van der Waals surface area contributed by atoms with Crippen LogP contribution in [-0.4, -0.2) is 289 Å². The number of cyclic esters (lactones) is 2. The quantitative estimate of drug-likeness (QED) is 0.0562. The fourth-order valence-corrected chi connectivity index (χ4v) is 24.1. The standard InChI is InChI=1S/C60H95NO14.C58H91NO14/c1-14-44-34-52(59(10,15-2)74-44)72-48-27-25-43(32-51(48)70-12)31-39(6)50-35-47(62)38(5)30-41(8)54(64)55(71-13)53(63)40(7)29-36(3)21-17-16-18-22-37(4)49(69-11)33-45-26-24-42(9)60(68,75-45)56(65)57(66)61-28-20-19-23-46(61)58(67)73-50;1-34-19-15-14-16-20-35(2)47(67-11)31-43-24-22-40(7)58(66,73-43)54(63)55(64)59-26-18-17-21-44(59)56(65)71-48(32-45(60)36(3)28-39(6)52(62)53(69-13)51(61)38(5)27-34)37(4)29-42-23-25-46(49(30-42)68-12)70-50-33-57(9,10)72-41(50)8/h16-18,21-22,30,36,38-40,42-46,48-52,54-55,64,68H,14-15,19-20,23-29,31-35H2,1-13H3;14-16,19-20,28,34,36-38,40-44,46-50,52-53,62,66H,17-18,21-27,29-33H2,1-13H3/b18-16+,21-17+,37-22+,41-30+;16-14+,19-15+,35-20+,39-28+/t36-,38-,39+,40-,42-,43?,44?,45+,46+,48?,49+,50+,51?,52?,54?,55+,59?,60-;34-,36-,37+,38-,40-,41?,42?,43+,44+,46?,47+,48+,49?,50?,52?,53+,58-/m11/s1. The zero-order valence-corrected chi connectivity index (χ0v) is 94.1. The van der Waals surface area contributed by atoms with Gasteiger partial charge in [0.15, 0.2) is 11.6 Å². The smallest absolute Gasteiger partial charge is 0.329 e. The van der Waals surface area contributed by atoms with Crippen molar-refractivity contribution in [3.05, 3.63) is 95.2 Å². The molecule has 8 heterocycles. The first kappa shape index (κ1) is 125. The topological polar surface area (TPSA) is 387 Å². The van der Waals surface area contributed by atoms with Crippen molar-refractivity contribution in [2.45, 2.75) is 463 Å². The molecule has 4 N–H and O–H groups in total. The molecule has 35 atom stereocenters. The van der Waals surface area contributed by atoms with E-state index in [4.69, 9.17) is 66.3 Å². The number of carbonyl (C=O) groups excluding carboxylic acids is 10. The lowest BCUT2D eigenvalue weighted by Crippen LogP contribution is -2.61. The van der Waals surface area contributed by atoms with E-state index in [2.05, 4.69) is 34.6 Å². The second kappa shape index (κ2) is 57.6. The third kappa shape index (κ3) is 33.1. The summed E-state index contributed by atoms with van der Waals surface area (Å²) in [5.74, 6) is -15.7. The molecule has 0 aromatic carbocycles. The molecule has 0 aromatic heterocycles. The largest absolute Gasteiger partial charge is 0.460 e. The van der Waals surface area contributed by atoms with Gasteiger partial charge in [-0.2, -0.15) is 0 Å². The van der Waals surface area contributed by atoms with Gasteiger partial charge in [0.1, 0.15) is 60.3 Å². The molecule has 10 rings (SSSR count). The van der Waals surface area contributed by atoms with Crippen molar-refractivity contribution in [3.63, 3.8) is 0 Å². The highest BCUT2D eigenvalue weighted by Crippen LogP contribution is 2.46. The molecule has 0 aromatic rings. The molecule has 836 valence electrons. The van der Waals surface area contributed by atoms with Crippen molar-refractivity contribution in [2.75, 3.05) is 55.7 Å². The lowest BCUT2D eigenvalue weighted by Gasteiger charge is -2.43. The zero-order valence-electron chi connectivity index (χ0n) is 94.1. The minimum Gasteiger partial charge on any atom is -0.460 e. The molecule has 10 aliphatic rings. The van der Waals surface area contributed by atoms with Gasteiger partial charge in [-0.1, -0.05) is 156 Å². The zero-order chi connectivity index (χ0) is 109. The summed E-state index contributed by atoms with van der Waals surface area (Å²) in [5, 5.41) is 47.2. The number of aliphatic hydroxyl groups is 4. The van der Waals surface area contributed by atoms with Gasteiger partial charge < -0.3 is 96.5 Å². The van der Waals surface area contributed by atoms with E-state index in [-0.39, 0.29) is 157 Å². The predicted molar refractivity (Wildman–Crippen MR) is 563 cm³/mol. The van der Waals surface area contributed by atoms with E-state index in [1.54, 1.807) is 82.1 Å². The number of aliphatic hydroxyl groups excluding tert-OH is 2. The third-order valence-corrected chi connectivity index (χ3v) is 34.1. The van der Waals surface area contributed by atoms with E-state index in [0.29, 0.717) is 114 Å². The SMILES string of the molecule is CCC1CC(OC2CCC(C[C@H](C)[C@@H]3CC(=O)[C@H](C)/C=C(\C)C(O)[C@@H](OC)C(=O)[C@H](C)C[C@H](C)/C=C/C=C/C=C(\C)[C@@H](OC)C[C@@H]4CC[C@@H](C)[C@@](O)(O4)C(=O)C(=O)N4CCCC[C@H]4C(=O)O3)CC2OC)C(C)(CC)O1.COC1CC(C[C@H](C)[C@@H]2CC(=O)[C@H](C)/C=C(\C)C(O)[C@@H](OC)C(=O)[C@H](C)C[C@H](C)/C=C/C=C/C=C(\C)[C@@H](OC)C[C@@H]3CC[C@@H](C)[C@@](O)(O3)C(=O)C(=O)N3CCCC[C@H]3C(=O)O2)CCC1OC1CC(C)(C)OC1C. The van der Waals surface area contributed by atoms with E-state index in [0.717, 1.165) is 62.5 Å². The summed E-state index contributed by atoms with van der Waals surface area (Å²) in [5.41, 5.74) is 1.92. The van der Waals surface area contributed by atoms with Crippen LogP contribution in [-0.2, 0) is 114 Å². The number of amides is 2. The van der Waals surface area contributed by atoms with Gasteiger partial charge in [0.2, 0.25) is 11.6 Å². The minimum absolute atomic E-state index is 0.0171. The number of nitrogens with zero attached hydrogens (tertiary/aromatic N) is 2. The van der Waals surface area contributed by atoms with Crippen LogP contribution in [0.15, 0.2) is 95.2 Å². The Kier molecular flexibility index (Phi) is 48.5. The summed E-state index contributed by atoms with van der Waals surface area (Å²) >= 11 is 0. The van der Waals surface area contributed by atoms with Crippen molar-refractivity contribution in [2.24, 2.45) is 71.0 Å². The Bertz CT molecular complexity index is 4620. The van der Waals surface area contributed by atoms with Gasteiger partial charge in [0, 0.05) is 130 Å². The Balaban J connectivity index is 0.000000329. The molecule has 2 amide bonds.